The van der Waals surface area contributed by atoms with Gasteiger partial charge in [-0.2, -0.15) is 13.2 Å². The van der Waals surface area contributed by atoms with E-state index in [0.717, 1.165) is 43.8 Å². The summed E-state index contributed by atoms with van der Waals surface area (Å²) < 4.78 is 45.8. The number of alkyl halides is 3. The van der Waals surface area contributed by atoms with E-state index in [2.05, 4.69) is 22.4 Å². The van der Waals surface area contributed by atoms with Gasteiger partial charge < -0.3 is 15.0 Å². The molecule has 0 atom stereocenters. The normalized spacial score (nSPS) is 16.3. The Kier molecular flexibility index (Phi) is 6.40. The predicted molar refractivity (Wildman–Crippen MR) is 121 cm³/mol. The maximum Gasteiger partial charge on any atom is 0.416 e. The third-order valence-corrected chi connectivity index (χ3v) is 6.23. The summed E-state index contributed by atoms with van der Waals surface area (Å²) in [6.45, 7) is 2.64. The van der Waals surface area contributed by atoms with Gasteiger partial charge in [0.25, 0.3) is 0 Å². The van der Waals surface area contributed by atoms with Crippen molar-refractivity contribution in [2.45, 2.75) is 31.0 Å². The van der Waals surface area contributed by atoms with Gasteiger partial charge in [-0.15, -0.1) is 0 Å². The van der Waals surface area contributed by atoms with Crippen LogP contribution in [0.4, 0.5) is 18.9 Å². The van der Waals surface area contributed by atoms with E-state index in [1.54, 1.807) is 0 Å². The fourth-order valence-electron chi connectivity index (χ4n) is 4.45. The van der Waals surface area contributed by atoms with Crippen LogP contribution in [0.1, 0.15) is 29.7 Å². The maximum atomic E-state index is 13.2. The number of aromatic nitrogens is 1. The lowest BCUT2D eigenvalue weighted by molar-refractivity contribution is -0.137. The number of nitrogens with zero attached hydrogens (tertiary/aromatic N) is 2. The highest BCUT2D eigenvalue weighted by atomic mass is 19.4. The number of hydrogen-bond donors (Lipinski definition) is 1. The molecular weight excluding hydrogens is 415 g/mol. The summed E-state index contributed by atoms with van der Waals surface area (Å²) in [6.07, 6.45) is -2.46. The molecule has 0 spiro atoms. The fourth-order valence-corrected chi connectivity index (χ4v) is 4.45. The molecule has 0 unspecified atom stereocenters. The van der Waals surface area contributed by atoms with Gasteiger partial charge in [0.15, 0.2) is 0 Å². The quantitative estimate of drug-likeness (QED) is 0.571. The number of benzene rings is 2. The first-order valence-corrected chi connectivity index (χ1v) is 10.8. The number of ether oxygens (including phenoxy) is 1. The summed E-state index contributed by atoms with van der Waals surface area (Å²) in [4.78, 5) is 6.39. The summed E-state index contributed by atoms with van der Waals surface area (Å²) in [5, 5.41) is 4.10. The van der Waals surface area contributed by atoms with E-state index in [0.29, 0.717) is 23.2 Å². The van der Waals surface area contributed by atoms with Crippen LogP contribution < -0.4 is 10.2 Å². The summed E-state index contributed by atoms with van der Waals surface area (Å²) in [7, 11) is 3.74. The number of hydrogen-bond acceptors (Lipinski definition) is 4. The Morgan fingerprint density at radius 2 is 1.75 bits per heavy atom. The molecule has 1 aliphatic heterocycles. The van der Waals surface area contributed by atoms with Gasteiger partial charge in [0.05, 0.1) is 30.0 Å². The summed E-state index contributed by atoms with van der Waals surface area (Å²) in [5.41, 5.74) is 2.26. The van der Waals surface area contributed by atoms with E-state index < -0.39 is 11.7 Å². The molecule has 170 valence electrons. The van der Waals surface area contributed by atoms with E-state index in [-0.39, 0.29) is 12.0 Å². The molecule has 1 N–H and O–H groups in total. The number of halogens is 3. The molecule has 1 aromatic heterocycles. The van der Waals surface area contributed by atoms with Gasteiger partial charge in [0.2, 0.25) is 0 Å². The molecule has 0 aliphatic carbocycles. The van der Waals surface area contributed by atoms with Crippen molar-refractivity contribution in [3.63, 3.8) is 0 Å². The van der Waals surface area contributed by atoms with Crippen LogP contribution in [0.5, 0.6) is 0 Å². The number of piperidine rings is 1. The number of rotatable bonds is 6. The first-order chi connectivity index (χ1) is 15.3. The third kappa shape index (κ3) is 4.74. The van der Waals surface area contributed by atoms with Crippen LogP contribution in [-0.4, -0.2) is 38.8 Å². The number of anilines is 1. The molecule has 1 fully saturated rings. The van der Waals surface area contributed by atoms with Crippen LogP contribution in [0.2, 0.25) is 0 Å². The largest absolute Gasteiger partial charge is 0.416 e. The third-order valence-electron chi connectivity index (χ3n) is 6.23. The second kappa shape index (κ2) is 9.08. The molecule has 1 saturated heterocycles. The molecule has 2 heterocycles. The van der Waals surface area contributed by atoms with Gasteiger partial charge in [-0.1, -0.05) is 36.4 Å². The zero-order valence-electron chi connectivity index (χ0n) is 18.4. The number of nitrogens with one attached hydrogen (secondary N) is 1. The van der Waals surface area contributed by atoms with Crippen molar-refractivity contribution in [3.8, 4) is 0 Å². The van der Waals surface area contributed by atoms with Crippen molar-refractivity contribution in [3.05, 3.63) is 71.4 Å². The van der Waals surface area contributed by atoms with E-state index in [1.807, 2.05) is 43.3 Å². The molecule has 32 heavy (non-hydrogen) atoms. The Morgan fingerprint density at radius 3 is 2.41 bits per heavy atom. The topological polar surface area (TPSA) is 37.4 Å². The number of pyridine rings is 1. The molecule has 2 aromatic carbocycles. The van der Waals surface area contributed by atoms with E-state index in [1.165, 1.54) is 11.6 Å². The van der Waals surface area contributed by atoms with Gasteiger partial charge in [-0.05, 0) is 49.7 Å². The van der Waals surface area contributed by atoms with Crippen molar-refractivity contribution in [2.24, 2.45) is 0 Å². The SMILES string of the molecule is CN(C)c1cc(COCC2(c3ccccc3)CCNCC2)nc2cc(C(F)(F)F)ccc12. The van der Waals surface area contributed by atoms with Gasteiger partial charge in [0, 0.05) is 30.6 Å². The first kappa shape index (κ1) is 22.6. The maximum absolute atomic E-state index is 13.2. The van der Waals surface area contributed by atoms with E-state index in [4.69, 9.17) is 4.74 Å². The molecule has 0 bridgehead atoms. The number of fused-ring (bicyclic) bond motifs is 1. The van der Waals surface area contributed by atoms with E-state index in [9.17, 15) is 13.2 Å². The van der Waals surface area contributed by atoms with Crippen LogP contribution in [-0.2, 0) is 22.9 Å². The molecule has 3 aromatic rings. The second-order valence-corrected chi connectivity index (χ2v) is 8.65. The fraction of sp³-hybridized carbons (Fsp3) is 0.400. The molecule has 0 saturated carbocycles. The first-order valence-electron chi connectivity index (χ1n) is 10.8. The van der Waals surface area contributed by atoms with Crippen molar-refractivity contribution in [2.75, 3.05) is 38.7 Å². The minimum absolute atomic E-state index is 0.0722. The summed E-state index contributed by atoms with van der Waals surface area (Å²) >= 11 is 0. The molecule has 4 nitrogen and oxygen atoms in total. The van der Waals surface area contributed by atoms with Gasteiger partial charge in [-0.3, -0.25) is 4.98 Å². The lowest BCUT2D eigenvalue weighted by atomic mass is 9.74. The molecule has 0 radical (unpaired) electrons. The highest BCUT2D eigenvalue weighted by molar-refractivity contribution is 5.92. The zero-order valence-corrected chi connectivity index (χ0v) is 18.4. The van der Waals surface area contributed by atoms with Crippen LogP contribution in [0.25, 0.3) is 10.9 Å². The lowest BCUT2D eigenvalue weighted by Crippen LogP contribution is -2.43. The summed E-state index contributed by atoms with van der Waals surface area (Å²) in [5.74, 6) is 0. The Hall–Kier alpha value is -2.64. The Balaban J connectivity index is 1.59. The highest BCUT2D eigenvalue weighted by Crippen LogP contribution is 2.35. The smallest absolute Gasteiger partial charge is 0.377 e. The Bertz CT molecular complexity index is 1060. The molecular formula is C25H28F3N3O. The highest BCUT2D eigenvalue weighted by Gasteiger charge is 2.34. The van der Waals surface area contributed by atoms with Crippen molar-refractivity contribution >= 4 is 16.6 Å². The predicted octanol–water partition coefficient (Wildman–Crippen LogP) is 5.16. The Morgan fingerprint density at radius 1 is 1.03 bits per heavy atom. The van der Waals surface area contributed by atoms with Crippen LogP contribution >= 0.6 is 0 Å². The average Bonchev–Trinajstić information content (AvgIpc) is 2.78. The van der Waals surface area contributed by atoms with Crippen molar-refractivity contribution in [1.82, 2.24) is 10.3 Å². The monoisotopic (exact) mass is 443 g/mol. The van der Waals surface area contributed by atoms with Crippen LogP contribution in [0, 0.1) is 0 Å². The van der Waals surface area contributed by atoms with Crippen LogP contribution in [0.15, 0.2) is 54.6 Å². The minimum Gasteiger partial charge on any atom is -0.377 e. The van der Waals surface area contributed by atoms with Gasteiger partial charge >= 0.3 is 6.18 Å². The van der Waals surface area contributed by atoms with Crippen molar-refractivity contribution < 1.29 is 17.9 Å². The van der Waals surface area contributed by atoms with Crippen molar-refractivity contribution in [1.29, 1.82) is 0 Å². The molecule has 4 rings (SSSR count). The standard InChI is InChI=1S/C25H28F3N3O/c1-31(2)23-15-20(30-22-14-19(25(26,27)28)8-9-21(22)23)16-32-17-24(10-12-29-13-11-24)18-6-4-3-5-7-18/h3-9,14-15,29H,10-13,16-17H2,1-2H3. The zero-order chi connectivity index (χ0) is 22.8. The van der Waals surface area contributed by atoms with Crippen LogP contribution in [0.3, 0.4) is 0 Å². The van der Waals surface area contributed by atoms with Gasteiger partial charge in [-0.25, -0.2) is 0 Å². The van der Waals surface area contributed by atoms with Gasteiger partial charge in [0.1, 0.15) is 0 Å². The average molecular weight is 444 g/mol. The molecule has 1 aliphatic rings. The molecule has 7 heteroatoms. The summed E-state index contributed by atoms with van der Waals surface area (Å²) in [6, 6.07) is 16.0. The Labute approximate surface area is 186 Å². The lowest BCUT2D eigenvalue weighted by Gasteiger charge is -2.38. The van der Waals surface area contributed by atoms with E-state index >= 15 is 0 Å². The second-order valence-electron chi connectivity index (χ2n) is 8.65. The molecule has 0 amide bonds. The minimum atomic E-state index is -4.41.